The highest BCUT2D eigenvalue weighted by atomic mass is 35.5. The molecule has 2 N–H and O–H groups in total. The quantitative estimate of drug-likeness (QED) is 0.767. The maximum absolute atomic E-state index is 6.09. The molecule has 0 aliphatic carbocycles. The van der Waals surface area contributed by atoms with Gasteiger partial charge < -0.3 is 20.1 Å². The number of aromatic nitrogens is 2. The SMILES string of the molecule is COCCNc1nccc(Nc2ccc(OC)c(Cl)c2)n1. The van der Waals surface area contributed by atoms with Crippen molar-refractivity contribution < 1.29 is 9.47 Å². The van der Waals surface area contributed by atoms with Crippen molar-refractivity contribution in [2.24, 2.45) is 0 Å². The van der Waals surface area contributed by atoms with Crippen LogP contribution in [-0.4, -0.2) is 37.3 Å². The smallest absolute Gasteiger partial charge is 0.224 e. The summed E-state index contributed by atoms with van der Waals surface area (Å²) in [4.78, 5) is 8.48. The molecule has 0 spiro atoms. The summed E-state index contributed by atoms with van der Waals surface area (Å²) in [5, 5.41) is 6.77. The predicted molar refractivity (Wildman–Crippen MR) is 83.7 cm³/mol. The van der Waals surface area contributed by atoms with Gasteiger partial charge >= 0.3 is 0 Å². The number of hydrogen-bond acceptors (Lipinski definition) is 6. The molecule has 0 saturated carbocycles. The van der Waals surface area contributed by atoms with Crippen LogP contribution in [0.2, 0.25) is 5.02 Å². The van der Waals surface area contributed by atoms with Gasteiger partial charge in [-0.05, 0) is 24.3 Å². The Morgan fingerprint density at radius 1 is 1.24 bits per heavy atom. The van der Waals surface area contributed by atoms with E-state index in [0.29, 0.717) is 35.7 Å². The Morgan fingerprint density at radius 3 is 2.81 bits per heavy atom. The summed E-state index contributed by atoms with van der Waals surface area (Å²) in [5.74, 6) is 1.84. The molecule has 6 nitrogen and oxygen atoms in total. The zero-order valence-electron chi connectivity index (χ0n) is 11.9. The molecule has 112 valence electrons. The van der Waals surface area contributed by atoms with Gasteiger partial charge in [-0.3, -0.25) is 0 Å². The first kappa shape index (κ1) is 15.3. The third kappa shape index (κ3) is 4.47. The first-order valence-electron chi connectivity index (χ1n) is 6.39. The van der Waals surface area contributed by atoms with E-state index in [9.17, 15) is 0 Å². The lowest BCUT2D eigenvalue weighted by molar-refractivity contribution is 0.210. The highest BCUT2D eigenvalue weighted by Gasteiger charge is 2.03. The van der Waals surface area contributed by atoms with Crippen molar-refractivity contribution in [2.75, 3.05) is 38.0 Å². The fourth-order valence-electron chi connectivity index (χ4n) is 1.67. The minimum atomic E-state index is 0.537. The maximum atomic E-state index is 6.09. The summed E-state index contributed by atoms with van der Waals surface area (Å²) in [6.45, 7) is 1.24. The fraction of sp³-hybridized carbons (Fsp3) is 0.286. The molecule has 0 bridgehead atoms. The van der Waals surface area contributed by atoms with E-state index in [1.165, 1.54) is 0 Å². The number of hydrogen-bond donors (Lipinski definition) is 2. The molecular weight excluding hydrogens is 292 g/mol. The standard InChI is InChI=1S/C14H17ClN4O2/c1-20-8-7-17-14-16-6-5-13(19-14)18-10-3-4-12(21-2)11(15)9-10/h3-6,9H,7-8H2,1-2H3,(H2,16,17,18,19). The van der Waals surface area contributed by atoms with Crippen molar-refractivity contribution in [2.45, 2.75) is 0 Å². The third-order valence-corrected chi connectivity index (χ3v) is 2.96. The van der Waals surface area contributed by atoms with Crippen molar-refractivity contribution in [3.63, 3.8) is 0 Å². The number of nitrogens with zero attached hydrogens (tertiary/aromatic N) is 2. The van der Waals surface area contributed by atoms with Crippen molar-refractivity contribution in [3.8, 4) is 5.75 Å². The van der Waals surface area contributed by atoms with Gasteiger partial charge in [-0.15, -0.1) is 0 Å². The Balaban J connectivity index is 2.05. The lowest BCUT2D eigenvalue weighted by Gasteiger charge is -2.09. The van der Waals surface area contributed by atoms with Crippen molar-refractivity contribution in [1.29, 1.82) is 0 Å². The van der Waals surface area contributed by atoms with E-state index in [-0.39, 0.29) is 0 Å². The van der Waals surface area contributed by atoms with Crippen molar-refractivity contribution >= 4 is 29.1 Å². The highest BCUT2D eigenvalue weighted by molar-refractivity contribution is 6.32. The summed E-state index contributed by atoms with van der Waals surface area (Å²) < 4.78 is 10.1. The molecule has 0 fully saturated rings. The maximum Gasteiger partial charge on any atom is 0.224 e. The fourth-order valence-corrected chi connectivity index (χ4v) is 1.93. The van der Waals surface area contributed by atoms with Crippen molar-refractivity contribution in [1.82, 2.24) is 9.97 Å². The van der Waals surface area contributed by atoms with Gasteiger partial charge in [0.15, 0.2) is 0 Å². The van der Waals surface area contributed by atoms with Crippen LogP contribution in [0.4, 0.5) is 17.5 Å². The van der Waals surface area contributed by atoms with Crippen LogP contribution in [0.15, 0.2) is 30.5 Å². The number of methoxy groups -OCH3 is 2. The van der Waals surface area contributed by atoms with E-state index in [4.69, 9.17) is 21.1 Å². The van der Waals surface area contributed by atoms with Gasteiger partial charge in [-0.2, -0.15) is 4.98 Å². The monoisotopic (exact) mass is 308 g/mol. The molecule has 1 heterocycles. The molecule has 1 aromatic carbocycles. The minimum absolute atomic E-state index is 0.537. The predicted octanol–water partition coefficient (Wildman–Crippen LogP) is 2.94. The topological polar surface area (TPSA) is 68.3 Å². The number of anilines is 3. The van der Waals surface area contributed by atoms with Crippen molar-refractivity contribution in [3.05, 3.63) is 35.5 Å². The van der Waals surface area contributed by atoms with Gasteiger partial charge in [-0.1, -0.05) is 11.6 Å². The van der Waals surface area contributed by atoms with Crippen LogP contribution in [0.1, 0.15) is 0 Å². The largest absolute Gasteiger partial charge is 0.495 e. The second kappa shape index (κ2) is 7.66. The molecule has 0 aliphatic rings. The molecule has 2 aromatic rings. The molecular formula is C14H17ClN4O2. The molecule has 0 unspecified atom stereocenters. The molecule has 1 aromatic heterocycles. The lowest BCUT2D eigenvalue weighted by atomic mass is 10.3. The first-order chi connectivity index (χ1) is 10.2. The number of rotatable bonds is 7. The van der Waals surface area contributed by atoms with Gasteiger partial charge in [0.1, 0.15) is 11.6 Å². The van der Waals surface area contributed by atoms with E-state index in [2.05, 4.69) is 20.6 Å². The van der Waals surface area contributed by atoms with Crippen LogP contribution >= 0.6 is 11.6 Å². The Kier molecular flexibility index (Phi) is 5.59. The number of nitrogens with one attached hydrogen (secondary N) is 2. The summed E-state index contributed by atoms with van der Waals surface area (Å²) in [7, 11) is 3.23. The molecule has 0 amide bonds. The average molecular weight is 309 g/mol. The summed E-state index contributed by atoms with van der Waals surface area (Å²) in [6.07, 6.45) is 1.68. The van der Waals surface area contributed by atoms with Crippen LogP contribution in [0, 0.1) is 0 Å². The van der Waals surface area contributed by atoms with E-state index in [0.717, 1.165) is 5.69 Å². The molecule has 7 heteroatoms. The highest BCUT2D eigenvalue weighted by Crippen LogP contribution is 2.28. The van der Waals surface area contributed by atoms with Crippen LogP contribution < -0.4 is 15.4 Å². The first-order valence-corrected chi connectivity index (χ1v) is 6.77. The molecule has 0 radical (unpaired) electrons. The molecule has 0 aliphatic heterocycles. The van der Waals surface area contributed by atoms with Crippen LogP contribution in [0.25, 0.3) is 0 Å². The van der Waals surface area contributed by atoms with Gasteiger partial charge in [-0.25, -0.2) is 4.98 Å². The van der Waals surface area contributed by atoms with Crippen LogP contribution in [0.5, 0.6) is 5.75 Å². The summed E-state index contributed by atoms with van der Waals surface area (Å²) in [6, 6.07) is 7.22. The number of ether oxygens (including phenoxy) is 2. The van der Waals surface area contributed by atoms with Gasteiger partial charge in [0.25, 0.3) is 0 Å². The molecule has 0 saturated heterocycles. The normalized spacial score (nSPS) is 10.2. The second-order valence-corrected chi connectivity index (χ2v) is 4.57. The summed E-state index contributed by atoms with van der Waals surface area (Å²) >= 11 is 6.09. The number of halogens is 1. The Hall–Kier alpha value is -2.05. The van der Waals surface area contributed by atoms with Crippen LogP contribution in [-0.2, 0) is 4.74 Å². The molecule has 21 heavy (non-hydrogen) atoms. The van der Waals surface area contributed by atoms with Gasteiger partial charge in [0, 0.05) is 25.5 Å². The minimum Gasteiger partial charge on any atom is -0.495 e. The molecule has 0 atom stereocenters. The lowest BCUT2D eigenvalue weighted by Crippen LogP contribution is -2.10. The van der Waals surface area contributed by atoms with Crippen LogP contribution in [0.3, 0.4) is 0 Å². The summed E-state index contributed by atoms with van der Waals surface area (Å²) in [5.41, 5.74) is 0.822. The third-order valence-electron chi connectivity index (χ3n) is 2.67. The zero-order chi connectivity index (χ0) is 15.1. The molecule has 2 rings (SSSR count). The van der Waals surface area contributed by atoms with Gasteiger partial charge in [0.05, 0.1) is 18.7 Å². The number of benzene rings is 1. The van der Waals surface area contributed by atoms with Gasteiger partial charge in [0.2, 0.25) is 5.95 Å². The Bertz CT molecular complexity index is 595. The van der Waals surface area contributed by atoms with E-state index < -0.39 is 0 Å². The van der Waals surface area contributed by atoms with E-state index in [1.807, 2.05) is 6.07 Å². The second-order valence-electron chi connectivity index (χ2n) is 4.16. The average Bonchev–Trinajstić information content (AvgIpc) is 2.48. The zero-order valence-corrected chi connectivity index (χ0v) is 12.6. The van der Waals surface area contributed by atoms with E-state index in [1.54, 1.807) is 38.6 Å². The Morgan fingerprint density at radius 2 is 2.10 bits per heavy atom. The van der Waals surface area contributed by atoms with E-state index >= 15 is 0 Å². The Labute approximate surface area is 128 Å².